The molecule has 0 rings (SSSR count). The van der Waals surface area contributed by atoms with Crippen molar-refractivity contribution in [1.82, 2.24) is 10.2 Å². The summed E-state index contributed by atoms with van der Waals surface area (Å²) in [5.74, 6) is 0. The van der Waals surface area contributed by atoms with Gasteiger partial charge in [0.2, 0.25) is 0 Å². The van der Waals surface area contributed by atoms with Gasteiger partial charge in [-0.25, -0.2) is 0 Å². The summed E-state index contributed by atoms with van der Waals surface area (Å²) in [5, 5.41) is 13.3. The maximum Gasteiger partial charge on any atom is 0.115 e. The highest BCUT2D eigenvalue weighted by Gasteiger charge is 2.18. The first-order valence-electron chi connectivity index (χ1n) is 6.70. The predicted molar refractivity (Wildman–Crippen MR) is 76.3 cm³/mol. The van der Waals surface area contributed by atoms with Crippen molar-refractivity contribution < 1.29 is 9.59 Å². The van der Waals surface area contributed by atoms with E-state index in [4.69, 9.17) is 11.5 Å². The topological polar surface area (TPSA) is 87.5 Å². The molecule has 0 aliphatic rings. The number of nitrogens with zero attached hydrogens (tertiary/aromatic N) is 2. The lowest BCUT2D eigenvalue weighted by Gasteiger charge is -2.30. The van der Waals surface area contributed by atoms with Crippen molar-refractivity contribution in [2.24, 2.45) is 11.5 Å². The number of rotatable bonds is 11. The van der Waals surface area contributed by atoms with Gasteiger partial charge >= 0.3 is 0 Å². The van der Waals surface area contributed by atoms with Gasteiger partial charge in [0.15, 0.2) is 0 Å². The van der Waals surface area contributed by atoms with Crippen molar-refractivity contribution in [3.8, 4) is 0 Å². The molecule has 0 saturated carbocycles. The molecule has 0 fully saturated rings. The van der Waals surface area contributed by atoms with E-state index >= 15 is 0 Å². The Morgan fingerprint density at radius 2 is 1.78 bits per heavy atom. The monoisotopic (exact) mass is 262 g/mol. The standard InChI is InChI=1S/C12H32N5O/c1-17(2,3)11-12(18)10-16(8-5-14)9-7-15-6-4-13/h12,15,18H,4-11,13-14H2,1-3H3/q+1. The Bertz CT molecular complexity index is 195. The molecule has 18 heavy (non-hydrogen) atoms. The number of hydrogen-bond donors (Lipinski definition) is 4. The van der Waals surface area contributed by atoms with Crippen molar-refractivity contribution in [2.45, 2.75) is 6.10 Å². The first-order valence-corrected chi connectivity index (χ1v) is 6.70. The molecule has 0 saturated heterocycles. The summed E-state index contributed by atoms with van der Waals surface area (Å²) in [5.41, 5.74) is 11.0. The Hall–Kier alpha value is -0.240. The van der Waals surface area contributed by atoms with E-state index in [1.54, 1.807) is 0 Å². The fourth-order valence-electron chi connectivity index (χ4n) is 1.93. The van der Waals surface area contributed by atoms with Gasteiger partial charge in [-0.05, 0) is 0 Å². The summed E-state index contributed by atoms with van der Waals surface area (Å²) in [7, 11) is 6.25. The minimum absolute atomic E-state index is 0.314. The fraction of sp³-hybridized carbons (Fsp3) is 1.00. The summed E-state index contributed by atoms with van der Waals surface area (Å²) in [4.78, 5) is 2.20. The van der Waals surface area contributed by atoms with Gasteiger partial charge in [0, 0.05) is 45.8 Å². The van der Waals surface area contributed by atoms with E-state index in [9.17, 15) is 5.11 Å². The van der Waals surface area contributed by atoms with Crippen LogP contribution >= 0.6 is 0 Å². The van der Waals surface area contributed by atoms with Crippen molar-refractivity contribution in [3.63, 3.8) is 0 Å². The van der Waals surface area contributed by atoms with Gasteiger partial charge in [0.05, 0.1) is 21.1 Å². The fourth-order valence-corrected chi connectivity index (χ4v) is 1.93. The van der Waals surface area contributed by atoms with E-state index in [0.717, 1.165) is 37.2 Å². The van der Waals surface area contributed by atoms with Gasteiger partial charge < -0.3 is 26.4 Å². The van der Waals surface area contributed by atoms with Crippen LogP contribution in [0.3, 0.4) is 0 Å². The molecule has 6 heteroatoms. The van der Waals surface area contributed by atoms with Crippen molar-refractivity contribution in [1.29, 1.82) is 0 Å². The summed E-state index contributed by atoms with van der Waals surface area (Å²) in [6, 6.07) is 0. The second-order valence-corrected chi connectivity index (χ2v) is 5.75. The number of quaternary nitrogens is 1. The first kappa shape index (κ1) is 17.8. The van der Waals surface area contributed by atoms with Crippen LogP contribution in [0.1, 0.15) is 0 Å². The van der Waals surface area contributed by atoms with Crippen LogP contribution in [0.4, 0.5) is 0 Å². The molecule has 0 aliphatic carbocycles. The highest BCUT2D eigenvalue weighted by atomic mass is 16.3. The minimum atomic E-state index is -0.314. The second-order valence-electron chi connectivity index (χ2n) is 5.75. The Labute approximate surface area is 112 Å². The summed E-state index contributed by atoms with van der Waals surface area (Å²) in [6.45, 7) is 6.12. The van der Waals surface area contributed by atoms with Gasteiger partial charge in [0.1, 0.15) is 12.6 Å². The Morgan fingerprint density at radius 1 is 1.11 bits per heavy atom. The molecule has 0 aromatic heterocycles. The molecule has 0 aromatic rings. The molecule has 6 nitrogen and oxygen atoms in total. The third-order valence-electron chi connectivity index (χ3n) is 2.60. The van der Waals surface area contributed by atoms with Crippen LogP contribution in [0.2, 0.25) is 0 Å². The molecule has 1 atom stereocenters. The lowest BCUT2D eigenvalue weighted by atomic mass is 10.2. The number of likely N-dealkylation sites (N-methyl/N-ethyl adjacent to an activating group) is 1. The zero-order valence-corrected chi connectivity index (χ0v) is 12.2. The number of hydrogen-bond acceptors (Lipinski definition) is 5. The minimum Gasteiger partial charge on any atom is -0.386 e. The van der Waals surface area contributed by atoms with Crippen LogP contribution in [-0.4, -0.2) is 94.1 Å². The van der Waals surface area contributed by atoms with Crippen LogP contribution in [0.5, 0.6) is 0 Å². The van der Waals surface area contributed by atoms with Crippen LogP contribution in [0.15, 0.2) is 0 Å². The second kappa shape index (κ2) is 9.66. The molecule has 110 valence electrons. The number of nitrogens with one attached hydrogen (secondary N) is 1. The number of aliphatic hydroxyl groups is 1. The van der Waals surface area contributed by atoms with Crippen molar-refractivity contribution >= 4 is 0 Å². The number of nitrogens with two attached hydrogens (primary N) is 2. The molecule has 0 heterocycles. The number of aliphatic hydroxyl groups excluding tert-OH is 1. The quantitative estimate of drug-likeness (QED) is 0.252. The summed E-state index contributed by atoms with van der Waals surface area (Å²) < 4.78 is 0.767. The normalized spacial score (nSPS) is 14.2. The van der Waals surface area contributed by atoms with E-state index < -0.39 is 0 Å². The lowest BCUT2D eigenvalue weighted by Crippen LogP contribution is -2.47. The van der Waals surface area contributed by atoms with E-state index in [-0.39, 0.29) is 6.10 Å². The molecule has 0 spiro atoms. The molecule has 0 amide bonds. The van der Waals surface area contributed by atoms with Gasteiger partial charge in [-0.3, -0.25) is 4.90 Å². The van der Waals surface area contributed by atoms with Crippen LogP contribution in [0.25, 0.3) is 0 Å². The van der Waals surface area contributed by atoms with E-state index in [1.165, 1.54) is 0 Å². The van der Waals surface area contributed by atoms with Crippen LogP contribution in [-0.2, 0) is 0 Å². The summed E-state index contributed by atoms with van der Waals surface area (Å²) in [6.07, 6.45) is -0.314. The Kier molecular flexibility index (Phi) is 9.53. The van der Waals surface area contributed by atoms with Gasteiger partial charge in [-0.1, -0.05) is 0 Å². The molecule has 0 aromatic carbocycles. The van der Waals surface area contributed by atoms with Crippen molar-refractivity contribution in [3.05, 3.63) is 0 Å². The molecule has 6 N–H and O–H groups in total. The molecule has 1 unspecified atom stereocenters. The maximum absolute atomic E-state index is 10.0. The zero-order chi connectivity index (χ0) is 14.0. The Balaban J connectivity index is 3.93. The summed E-state index contributed by atoms with van der Waals surface area (Å²) >= 11 is 0. The van der Waals surface area contributed by atoms with E-state index in [2.05, 4.69) is 31.4 Å². The third-order valence-corrected chi connectivity index (χ3v) is 2.60. The van der Waals surface area contributed by atoms with Gasteiger partial charge in [-0.15, -0.1) is 0 Å². The van der Waals surface area contributed by atoms with Crippen LogP contribution < -0.4 is 16.8 Å². The molecular weight excluding hydrogens is 230 g/mol. The third kappa shape index (κ3) is 10.9. The first-order chi connectivity index (χ1) is 8.39. The lowest BCUT2D eigenvalue weighted by molar-refractivity contribution is -0.873. The molecule has 0 radical (unpaired) electrons. The highest BCUT2D eigenvalue weighted by molar-refractivity contribution is 4.66. The van der Waals surface area contributed by atoms with Crippen LogP contribution in [0, 0.1) is 0 Å². The predicted octanol–water partition coefficient (Wildman–Crippen LogP) is -2.14. The average Bonchev–Trinajstić information content (AvgIpc) is 2.21. The zero-order valence-electron chi connectivity index (χ0n) is 12.2. The maximum atomic E-state index is 10.0. The van der Waals surface area contributed by atoms with Gasteiger partial charge in [0.25, 0.3) is 0 Å². The molecule has 0 aliphatic heterocycles. The Morgan fingerprint density at radius 3 is 2.28 bits per heavy atom. The van der Waals surface area contributed by atoms with Crippen molar-refractivity contribution in [2.75, 3.05) is 73.5 Å². The highest BCUT2D eigenvalue weighted by Crippen LogP contribution is 1.98. The smallest absolute Gasteiger partial charge is 0.115 e. The van der Waals surface area contributed by atoms with E-state index in [0.29, 0.717) is 19.6 Å². The molecule has 0 bridgehead atoms. The molecular formula is C12H32N5O+. The largest absolute Gasteiger partial charge is 0.386 e. The van der Waals surface area contributed by atoms with E-state index in [1.807, 2.05) is 0 Å². The SMILES string of the molecule is C[N+](C)(C)CC(O)CN(CCN)CCNCCN. The average molecular weight is 262 g/mol. The van der Waals surface area contributed by atoms with Gasteiger partial charge in [-0.2, -0.15) is 0 Å².